The maximum absolute atomic E-state index is 14.1. The van der Waals surface area contributed by atoms with Gasteiger partial charge in [-0.3, -0.25) is 4.90 Å². The summed E-state index contributed by atoms with van der Waals surface area (Å²) in [5.74, 6) is 0.551. The number of rotatable bonds is 5. The average molecular weight is 438 g/mol. The number of halogens is 1. The van der Waals surface area contributed by atoms with Crippen LogP contribution >= 0.6 is 11.8 Å². The molecule has 1 aromatic rings. The summed E-state index contributed by atoms with van der Waals surface area (Å²) in [5, 5.41) is 0. The first-order chi connectivity index (χ1) is 14.2. The van der Waals surface area contributed by atoms with Crippen molar-refractivity contribution in [2.75, 3.05) is 57.0 Å². The zero-order chi connectivity index (χ0) is 21.7. The second kappa shape index (κ2) is 10.2. The number of benzene rings is 1. The molecule has 0 radical (unpaired) electrons. The molecule has 0 spiro atoms. The molecule has 2 aliphatic rings. The van der Waals surface area contributed by atoms with Crippen LogP contribution in [0.1, 0.15) is 40.0 Å². The molecule has 0 atom stereocenters. The topological polar surface area (TPSA) is 36.0 Å². The van der Waals surface area contributed by atoms with Gasteiger partial charge in [0, 0.05) is 49.9 Å². The Morgan fingerprint density at radius 1 is 1.13 bits per heavy atom. The SMILES string of the molecule is CSc1ccc(N2CCN(CCC3CCN(C(=O)OC(C)(C)C)CC3)CC2)cc1F. The third-order valence-corrected chi connectivity index (χ3v) is 6.76. The second-order valence-electron chi connectivity index (χ2n) is 9.35. The summed E-state index contributed by atoms with van der Waals surface area (Å²) in [7, 11) is 0. The molecule has 2 heterocycles. The number of amides is 1. The van der Waals surface area contributed by atoms with Crippen LogP contribution in [0.15, 0.2) is 23.1 Å². The van der Waals surface area contributed by atoms with Crippen LogP contribution in [0, 0.1) is 11.7 Å². The van der Waals surface area contributed by atoms with Crippen LogP contribution in [0.5, 0.6) is 0 Å². The molecular weight excluding hydrogens is 401 g/mol. The predicted octanol–water partition coefficient (Wildman–Crippen LogP) is 4.71. The quantitative estimate of drug-likeness (QED) is 0.624. The van der Waals surface area contributed by atoms with Crippen LogP contribution in [0.2, 0.25) is 0 Å². The molecule has 7 heteroatoms. The summed E-state index contributed by atoms with van der Waals surface area (Å²) in [5.41, 5.74) is 0.554. The van der Waals surface area contributed by atoms with Gasteiger partial charge in [-0.15, -0.1) is 11.8 Å². The van der Waals surface area contributed by atoms with Crippen LogP contribution < -0.4 is 4.90 Å². The van der Waals surface area contributed by atoms with E-state index >= 15 is 0 Å². The number of hydrogen-bond donors (Lipinski definition) is 0. The minimum absolute atomic E-state index is 0.125. The van der Waals surface area contributed by atoms with E-state index in [1.165, 1.54) is 18.2 Å². The van der Waals surface area contributed by atoms with Gasteiger partial charge in [0.05, 0.1) is 0 Å². The molecule has 0 unspecified atom stereocenters. The lowest BCUT2D eigenvalue weighted by molar-refractivity contribution is 0.0177. The minimum atomic E-state index is -0.432. The van der Waals surface area contributed by atoms with Gasteiger partial charge in [-0.2, -0.15) is 0 Å². The van der Waals surface area contributed by atoms with Crippen molar-refractivity contribution in [2.45, 2.75) is 50.5 Å². The number of hydrogen-bond acceptors (Lipinski definition) is 5. The van der Waals surface area contributed by atoms with Crippen LogP contribution in [0.3, 0.4) is 0 Å². The summed E-state index contributed by atoms with van der Waals surface area (Å²) < 4.78 is 19.6. The van der Waals surface area contributed by atoms with Crippen LogP contribution in [0.25, 0.3) is 0 Å². The van der Waals surface area contributed by atoms with Gasteiger partial charge in [0.2, 0.25) is 0 Å². The third-order valence-electron chi connectivity index (χ3n) is 5.99. The zero-order valence-corrected chi connectivity index (χ0v) is 19.6. The summed E-state index contributed by atoms with van der Waals surface area (Å²) in [6.45, 7) is 12.3. The number of ether oxygens (including phenoxy) is 1. The van der Waals surface area contributed by atoms with Gasteiger partial charge in [0.1, 0.15) is 11.4 Å². The van der Waals surface area contributed by atoms with Crippen molar-refractivity contribution in [3.05, 3.63) is 24.0 Å². The standard InChI is InChI=1S/C23H36FN3O2S/c1-23(2,3)29-22(28)27-11-8-18(9-12-27)7-10-25-13-15-26(16-14-25)19-5-6-21(30-4)20(24)17-19/h5-6,17-18H,7-16H2,1-4H3. The molecule has 2 aliphatic heterocycles. The fourth-order valence-corrected chi connectivity index (χ4v) is 4.64. The molecule has 3 rings (SSSR count). The van der Waals surface area contributed by atoms with E-state index in [-0.39, 0.29) is 11.9 Å². The Hall–Kier alpha value is -1.47. The number of carbonyl (C=O) groups excluding carboxylic acids is 1. The van der Waals surface area contributed by atoms with Gasteiger partial charge >= 0.3 is 6.09 Å². The van der Waals surface area contributed by atoms with Crippen molar-refractivity contribution in [2.24, 2.45) is 5.92 Å². The van der Waals surface area contributed by atoms with Crippen molar-refractivity contribution in [3.63, 3.8) is 0 Å². The van der Waals surface area contributed by atoms with E-state index in [9.17, 15) is 9.18 Å². The third kappa shape index (κ3) is 6.51. The second-order valence-corrected chi connectivity index (χ2v) is 10.2. The maximum Gasteiger partial charge on any atom is 0.410 e. The number of piperazine rings is 1. The molecule has 5 nitrogen and oxygen atoms in total. The molecule has 30 heavy (non-hydrogen) atoms. The predicted molar refractivity (Wildman–Crippen MR) is 122 cm³/mol. The van der Waals surface area contributed by atoms with Gasteiger partial charge < -0.3 is 14.5 Å². The lowest BCUT2D eigenvalue weighted by Gasteiger charge is -2.38. The number of likely N-dealkylation sites (tertiary alicyclic amines) is 1. The molecule has 2 fully saturated rings. The maximum atomic E-state index is 14.1. The number of piperidine rings is 1. The molecule has 0 N–H and O–H groups in total. The number of thioether (sulfide) groups is 1. The number of anilines is 1. The van der Waals surface area contributed by atoms with E-state index in [1.807, 2.05) is 44.1 Å². The normalized spacial score (nSPS) is 19.2. The largest absolute Gasteiger partial charge is 0.444 e. The Labute approximate surface area is 184 Å². The highest BCUT2D eigenvalue weighted by Crippen LogP contribution is 2.26. The Bertz CT molecular complexity index is 709. The first-order valence-electron chi connectivity index (χ1n) is 11.0. The molecule has 1 aromatic carbocycles. The lowest BCUT2D eigenvalue weighted by atomic mass is 9.93. The Balaban J connectivity index is 1.36. The van der Waals surface area contributed by atoms with Crippen LogP contribution in [-0.4, -0.2) is 73.6 Å². The highest BCUT2D eigenvalue weighted by molar-refractivity contribution is 7.98. The molecule has 168 valence electrons. The van der Waals surface area contributed by atoms with Gasteiger partial charge in [-0.1, -0.05) is 0 Å². The zero-order valence-electron chi connectivity index (χ0n) is 18.8. The summed E-state index contributed by atoms with van der Waals surface area (Å²) in [6.07, 6.45) is 5.01. The first kappa shape index (κ1) is 23.2. The molecule has 2 saturated heterocycles. The van der Waals surface area contributed by atoms with E-state index in [1.54, 1.807) is 6.07 Å². The summed E-state index contributed by atoms with van der Waals surface area (Å²) >= 11 is 1.44. The van der Waals surface area contributed by atoms with E-state index in [2.05, 4.69) is 9.80 Å². The minimum Gasteiger partial charge on any atom is -0.444 e. The monoisotopic (exact) mass is 437 g/mol. The summed E-state index contributed by atoms with van der Waals surface area (Å²) in [4.78, 5) is 19.5. The summed E-state index contributed by atoms with van der Waals surface area (Å²) in [6, 6.07) is 5.58. The smallest absolute Gasteiger partial charge is 0.410 e. The molecule has 0 bridgehead atoms. The molecule has 0 saturated carbocycles. The number of carbonyl (C=O) groups is 1. The van der Waals surface area contributed by atoms with Crippen molar-refractivity contribution in [1.82, 2.24) is 9.80 Å². The van der Waals surface area contributed by atoms with E-state index in [0.29, 0.717) is 10.8 Å². The van der Waals surface area contributed by atoms with Gasteiger partial charge in [-0.05, 0) is 77.0 Å². The van der Waals surface area contributed by atoms with Crippen molar-refractivity contribution in [1.29, 1.82) is 0 Å². The molecule has 0 aliphatic carbocycles. The van der Waals surface area contributed by atoms with E-state index < -0.39 is 5.60 Å². The molecule has 1 amide bonds. The lowest BCUT2D eigenvalue weighted by Crippen LogP contribution is -2.47. The van der Waals surface area contributed by atoms with Gasteiger partial charge in [-0.25, -0.2) is 9.18 Å². The van der Waals surface area contributed by atoms with Crippen molar-refractivity contribution < 1.29 is 13.9 Å². The fraction of sp³-hybridized carbons (Fsp3) is 0.696. The van der Waals surface area contributed by atoms with Crippen LogP contribution in [-0.2, 0) is 4.74 Å². The fourth-order valence-electron chi connectivity index (χ4n) is 4.18. The Morgan fingerprint density at radius 3 is 2.37 bits per heavy atom. The highest BCUT2D eigenvalue weighted by atomic mass is 32.2. The van der Waals surface area contributed by atoms with Crippen LogP contribution in [0.4, 0.5) is 14.9 Å². The Kier molecular flexibility index (Phi) is 7.91. The Morgan fingerprint density at radius 2 is 1.80 bits per heavy atom. The highest BCUT2D eigenvalue weighted by Gasteiger charge is 2.27. The molecule has 0 aromatic heterocycles. The number of nitrogens with zero attached hydrogens (tertiary/aromatic N) is 3. The van der Waals surface area contributed by atoms with E-state index in [4.69, 9.17) is 4.74 Å². The van der Waals surface area contributed by atoms with E-state index in [0.717, 1.165) is 64.3 Å². The van der Waals surface area contributed by atoms with Gasteiger partial charge in [0.15, 0.2) is 0 Å². The molecular formula is C23H36FN3O2S. The van der Waals surface area contributed by atoms with Crippen molar-refractivity contribution in [3.8, 4) is 0 Å². The first-order valence-corrected chi connectivity index (χ1v) is 12.3. The van der Waals surface area contributed by atoms with Crippen molar-refractivity contribution >= 4 is 23.5 Å². The average Bonchev–Trinajstić information content (AvgIpc) is 2.71. The van der Waals surface area contributed by atoms with Gasteiger partial charge in [0.25, 0.3) is 0 Å².